The van der Waals surface area contributed by atoms with E-state index < -0.39 is 16.7 Å². The maximum atomic E-state index is 13.3. The van der Waals surface area contributed by atoms with Crippen LogP contribution in [0.15, 0.2) is 54.2 Å². The van der Waals surface area contributed by atoms with Gasteiger partial charge < -0.3 is 14.8 Å². The highest BCUT2D eigenvalue weighted by atomic mass is 16.6. The molecule has 3 rings (SSSR count). The number of imide groups is 1. The lowest BCUT2D eigenvalue weighted by Crippen LogP contribution is -2.34. The first-order valence-electron chi connectivity index (χ1n) is 10.8. The van der Waals surface area contributed by atoms with Crippen LogP contribution in [-0.4, -0.2) is 48.5 Å². The Kier molecular flexibility index (Phi) is 8.15. The van der Waals surface area contributed by atoms with Crippen molar-refractivity contribution in [1.29, 1.82) is 0 Å². The predicted molar refractivity (Wildman–Crippen MR) is 124 cm³/mol. The quantitative estimate of drug-likeness (QED) is 0.224. The van der Waals surface area contributed by atoms with Crippen molar-refractivity contribution in [2.45, 2.75) is 26.2 Å². The van der Waals surface area contributed by atoms with Crippen LogP contribution < -0.4 is 10.1 Å². The van der Waals surface area contributed by atoms with Gasteiger partial charge in [0.1, 0.15) is 11.4 Å². The van der Waals surface area contributed by atoms with Gasteiger partial charge in [-0.3, -0.25) is 24.6 Å². The molecule has 1 aliphatic heterocycles. The molecule has 33 heavy (non-hydrogen) atoms. The van der Waals surface area contributed by atoms with Crippen molar-refractivity contribution < 1.29 is 24.0 Å². The van der Waals surface area contributed by atoms with E-state index in [2.05, 4.69) is 12.2 Å². The predicted octanol–water partition coefficient (Wildman–Crippen LogP) is 4.00. The fraction of sp³-hybridized carbons (Fsp3) is 0.333. The van der Waals surface area contributed by atoms with Crippen molar-refractivity contribution in [2.75, 3.05) is 32.2 Å². The summed E-state index contributed by atoms with van der Waals surface area (Å²) in [5, 5.41) is 14.1. The molecule has 174 valence electrons. The lowest BCUT2D eigenvalue weighted by molar-refractivity contribution is -0.384. The van der Waals surface area contributed by atoms with E-state index in [-0.39, 0.29) is 23.5 Å². The van der Waals surface area contributed by atoms with Gasteiger partial charge in [-0.15, -0.1) is 0 Å². The minimum absolute atomic E-state index is 0.101. The Labute approximate surface area is 192 Å². The van der Waals surface area contributed by atoms with Gasteiger partial charge in [-0.1, -0.05) is 25.5 Å². The van der Waals surface area contributed by atoms with E-state index in [1.54, 1.807) is 24.3 Å². The summed E-state index contributed by atoms with van der Waals surface area (Å²) in [6, 6.07) is 12.6. The molecule has 2 aromatic carbocycles. The van der Waals surface area contributed by atoms with E-state index in [0.29, 0.717) is 36.6 Å². The van der Waals surface area contributed by atoms with Crippen molar-refractivity contribution in [1.82, 2.24) is 4.90 Å². The lowest BCUT2D eigenvalue weighted by atomic mass is 10.0. The average molecular weight is 453 g/mol. The van der Waals surface area contributed by atoms with Crippen LogP contribution in [0.5, 0.6) is 5.75 Å². The summed E-state index contributed by atoms with van der Waals surface area (Å²) in [4.78, 5) is 38.2. The van der Waals surface area contributed by atoms with Crippen LogP contribution in [0.1, 0.15) is 31.7 Å². The number of anilines is 1. The molecule has 9 heteroatoms. The molecule has 1 heterocycles. The van der Waals surface area contributed by atoms with Crippen LogP contribution in [0, 0.1) is 10.1 Å². The molecule has 0 unspecified atom stereocenters. The number of benzene rings is 2. The van der Waals surface area contributed by atoms with Gasteiger partial charge in [0.15, 0.2) is 0 Å². The minimum atomic E-state index is -0.515. The Morgan fingerprint density at radius 1 is 1.00 bits per heavy atom. The van der Waals surface area contributed by atoms with Gasteiger partial charge in [-0.25, -0.2) is 0 Å². The highest BCUT2D eigenvalue weighted by molar-refractivity contribution is 6.36. The summed E-state index contributed by atoms with van der Waals surface area (Å²) < 4.78 is 10.9. The molecule has 0 radical (unpaired) electrons. The van der Waals surface area contributed by atoms with Crippen LogP contribution >= 0.6 is 0 Å². The smallest absolute Gasteiger partial charge is 0.278 e. The van der Waals surface area contributed by atoms with E-state index in [0.717, 1.165) is 12.8 Å². The number of nitrogens with one attached hydrogen (secondary N) is 1. The number of non-ortho nitro benzene ring substituents is 1. The molecule has 0 bridgehead atoms. The number of nitro groups is 1. The van der Waals surface area contributed by atoms with Gasteiger partial charge in [0.25, 0.3) is 17.5 Å². The topological polar surface area (TPSA) is 111 Å². The number of carbonyl (C=O) groups excluding carboxylic acids is 2. The first kappa shape index (κ1) is 23.9. The maximum Gasteiger partial charge on any atom is 0.278 e. The standard InChI is InChI=1S/C24H27N3O6/c1-3-4-15-33-16-7-14-26-23(28)21(17-10-12-18(13-11-17)27(30)31)22(24(26)29)25-19-8-5-6-9-20(19)32-2/h5-6,8-13,25H,3-4,7,14-16H2,1-2H3. The highest BCUT2D eigenvalue weighted by Gasteiger charge is 2.39. The molecule has 2 amide bonds. The van der Waals surface area contributed by atoms with Gasteiger partial charge in [-0.2, -0.15) is 0 Å². The number of unbranched alkanes of at least 4 members (excludes halogenated alkanes) is 1. The SMILES string of the molecule is CCCCOCCCN1C(=O)C(Nc2ccccc2OC)=C(c2ccc([N+](=O)[O-])cc2)C1=O. The van der Waals surface area contributed by atoms with Crippen molar-refractivity contribution >= 4 is 28.8 Å². The van der Waals surface area contributed by atoms with Crippen molar-refractivity contribution in [2.24, 2.45) is 0 Å². The number of hydrogen-bond donors (Lipinski definition) is 1. The average Bonchev–Trinajstić information content (AvgIpc) is 3.05. The number of nitrogens with zero attached hydrogens (tertiary/aromatic N) is 2. The molecule has 0 aromatic heterocycles. The zero-order chi connectivity index (χ0) is 23.8. The van der Waals surface area contributed by atoms with Crippen LogP contribution in [0.25, 0.3) is 5.57 Å². The van der Waals surface area contributed by atoms with Crippen LogP contribution in [0.4, 0.5) is 11.4 Å². The summed E-state index contributed by atoms with van der Waals surface area (Å²) in [7, 11) is 1.51. The van der Waals surface area contributed by atoms with Gasteiger partial charge in [-0.05, 0) is 42.7 Å². The Bertz CT molecular complexity index is 1050. The van der Waals surface area contributed by atoms with E-state index >= 15 is 0 Å². The normalized spacial score (nSPS) is 13.6. The van der Waals surface area contributed by atoms with E-state index in [9.17, 15) is 19.7 Å². The monoisotopic (exact) mass is 453 g/mol. The van der Waals surface area contributed by atoms with E-state index in [1.807, 2.05) is 0 Å². The molecular formula is C24H27N3O6. The molecule has 1 aliphatic rings. The third kappa shape index (κ3) is 5.56. The van der Waals surface area contributed by atoms with Crippen LogP contribution in [-0.2, 0) is 14.3 Å². The van der Waals surface area contributed by atoms with Crippen molar-refractivity contribution in [3.8, 4) is 5.75 Å². The lowest BCUT2D eigenvalue weighted by Gasteiger charge is -2.16. The number of ether oxygens (including phenoxy) is 2. The fourth-order valence-corrected chi connectivity index (χ4v) is 3.47. The molecule has 2 aromatic rings. The van der Waals surface area contributed by atoms with E-state index in [1.165, 1.54) is 36.3 Å². The van der Waals surface area contributed by atoms with Crippen LogP contribution in [0.2, 0.25) is 0 Å². The van der Waals surface area contributed by atoms with Crippen molar-refractivity contribution in [3.05, 3.63) is 69.9 Å². The third-order valence-electron chi connectivity index (χ3n) is 5.21. The first-order valence-corrected chi connectivity index (χ1v) is 10.8. The van der Waals surface area contributed by atoms with Gasteiger partial charge in [0.05, 0.1) is 23.3 Å². The number of amides is 2. The summed E-state index contributed by atoms with van der Waals surface area (Å²) in [6.07, 6.45) is 2.50. The molecule has 1 N–H and O–H groups in total. The zero-order valence-electron chi connectivity index (χ0n) is 18.7. The Morgan fingerprint density at radius 3 is 2.36 bits per heavy atom. The van der Waals surface area contributed by atoms with Gasteiger partial charge in [0, 0.05) is 31.9 Å². The number of para-hydroxylation sites is 2. The summed E-state index contributed by atoms with van der Waals surface area (Å²) in [6.45, 7) is 3.37. The first-order chi connectivity index (χ1) is 16.0. The number of methoxy groups -OCH3 is 1. The molecule has 0 aliphatic carbocycles. The van der Waals surface area contributed by atoms with Crippen LogP contribution in [0.3, 0.4) is 0 Å². The second kappa shape index (κ2) is 11.2. The zero-order valence-corrected chi connectivity index (χ0v) is 18.7. The van der Waals surface area contributed by atoms with Gasteiger partial charge >= 0.3 is 0 Å². The second-order valence-corrected chi connectivity index (χ2v) is 7.46. The molecule has 9 nitrogen and oxygen atoms in total. The van der Waals surface area contributed by atoms with Gasteiger partial charge in [0.2, 0.25) is 0 Å². The minimum Gasteiger partial charge on any atom is -0.495 e. The molecular weight excluding hydrogens is 426 g/mol. The highest BCUT2D eigenvalue weighted by Crippen LogP contribution is 2.33. The summed E-state index contributed by atoms with van der Waals surface area (Å²) in [5.74, 6) is -0.413. The second-order valence-electron chi connectivity index (χ2n) is 7.46. The van der Waals surface area contributed by atoms with E-state index in [4.69, 9.17) is 9.47 Å². The molecule has 0 fully saturated rings. The number of rotatable bonds is 12. The molecule has 0 atom stereocenters. The summed E-state index contributed by atoms with van der Waals surface area (Å²) in [5.41, 5.74) is 1.10. The van der Waals surface area contributed by atoms with Crippen molar-refractivity contribution in [3.63, 3.8) is 0 Å². The molecule has 0 saturated heterocycles. The fourth-order valence-electron chi connectivity index (χ4n) is 3.47. The molecule has 0 spiro atoms. The maximum absolute atomic E-state index is 13.3. The third-order valence-corrected chi connectivity index (χ3v) is 5.21. The number of hydrogen-bond acceptors (Lipinski definition) is 7. The Morgan fingerprint density at radius 2 is 1.70 bits per heavy atom. The largest absolute Gasteiger partial charge is 0.495 e. The number of nitro benzene ring substituents is 1. The summed E-state index contributed by atoms with van der Waals surface area (Å²) >= 11 is 0. The Balaban J connectivity index is 1.89. The number of carbonyl (C=O) groups is 2. The molecule has 0 saturated carbocycles. The Hall–Kier alpha value is -3.72.